The fraction of sp³-hybridized carbons (Fsp3) is 0.667. The van der Waals surface area contributed by atoms with Crippen molar-refractivity contribution in [2.24, 2.45) is 0 Å². The highest BCUT2D eigenvalue weighted by molar-refractivity contribution is 5.07. The second kappa shape index (κ2) is 5.80. The number of hydrogen-bond acceptors (Lipinski definition) is 4. The molecule has 0 radical (unpaired) electrons. The molecule has 0 atom stereocenters. The van der Waals surface area contributed by atoms with E-state index in [1.807, 2.05) is 0 Å². The molecule has 1 N–H and O–H groups in total. The van der Waals surface area contributed by atoms with Crippen LogP contribution in [0.4, 0.5) is 0 Å². The van der Waals surface area contributed by atoms with Gasteiger partial charge < -0.3 is 10.1 Å². The van der Waals surface area contributed by atoms with Crippen LogP contribution in [-0.4, -0.2) is 22.6 Å². The number of rotatable bonds is 7. The van der Waals surface area contributed by atoms with Gasteiger partial charge in [0.15, 0.2) is 0 Å². The van der Waals surface area contributed by atoms with E-state index in [2.05, 4.69) is 22.2 Å². The van der Waals surface area contributed by atoms with Crippen molar-refractivity contribution in [2.75, 3.05) is 6.61 Å². The lowest BCUT2D eigenvalue weighted by atomic mass is 10.4. The Hall–Kier alpha value is -1.16. The Kier molecular flexibility index (Phi) is 4.10. The van der Waals surface area contributed by atoms with Crippen molar-refractivity contribution >= 4 is 0 Å². The van der Waals surface area contributed by atoms with Gasteiger partial charge in [-0.15, -0.1) is 0 Å². The van der Waals surface area contributed by atoms with Crippen LogP contribution in [0, 0.1) is 0 Å². The Morgan fingerprint density at radius 3 is 2.88 bits per heavy atom. The van der Waals surface area contributed by atoms with Gasteiger partial charge in [-0.2, -0.15) is 0 Å². The molecule has 4 nitrogen and oxygen atoms in total. The molecule has 0 spiro atoms. The summed E-state index contributed by atoms with van der Waals surface area (Å²) in [6.45, 7) is 3.68. The van der Waals surface area contributed by atoms with Gasteiger partial charge >= 0.3 is 0 Å². The third-order valence-corrected chi connectivity index (χ3v) is 2.58. The van der Waals surface area contributed by atoms with Crippen molar-refractivity contribution < 1.29 is 4.74 Å². The van der Waals surface area contributed by atoms with Crippen LogP contribution in [0.3, 0.4) is 0 Å². The number of aromatic nitrogens is 2. The summed E-state index contributed by atoms with van der Waals surface area (Å²) in [5.74, 6) is 0.628. The van der Waals surface area contributed by atoms with E-state index < -0.39 is 0 Å². The molecule has 1 aliphatic carbocycles. The predicted molar refractivity (Wildman–Crippen MR) is 62.3 cm³/mol. The van der Waals surface area contributed by atoms with Crippen LogP contribution in [0.15, 0.2) is 12.4 Å². The van der Waals surface area contributed by atoms with Crippen LogP contribution in [0.2, 0.25) is 0 Å². The predicted octanol–water partition coefficient (Wildman–Crippen LogP) is 1.91. The molecule has 2 rings (SSSR count). The van der Waals surface area contributed by atoms with E-state index in [0.29, 0.717) is 11.9 Å². The molecule has 0 bridgehead atoms. The minimum atomic E-state index is 0.628. The molecular formula is C12H19N3O. The number of nitrogens with one attached hydrogen (secondary N) is 1. The van der Waals surface area contributed by atoms with Gasteiger partial charge in [-0.05, 0) is 19.3 Å². The number of hydrogen-bond donors (Lipinski definition) is 1. The van der Waals surface area contributed by atoms with Gasteiger partial charge in [-0.25, -0.2) is 4.98 Å². The zero-order chi connectivity index (χ0) is 11.2. The Morgan fingerprint density at radius 1 is 1.38 bits per heavy atom. The normalized spacial score (nSPS) is 15.1. The molecule has 1 fully saturated rings. The van der Waals surface area contributed by atoms with Crippen LogP contribution in [-0.2, 0) is 6.54 Å². The monoisotopic (exact) mass is 221 g/mol. The Morgan fingerprint density at radius 2 is 2.25 bits per heavy atom. The highest BCUT2D eigenvalue weighted by atomic mass is 16.5. The maximum Gasteiger partial charge on any atom is 0.232 e. The molecule has 0 aromatic carbocycles. The zero-order valence-corrected chi connectivity index (χ0v) is 9.78. The van der Waals surface area contributed by atoms with Crippen LogP contribution in [0.5, 0.6) is 5.88 Å². The third-order valence-electron chi connectivity index (χ3n) is 2.58. The first-order chi connectivity index (χ1) is 7.88. The first-order valence-corrected chi connectivity index (χ1v) is 6.05. The molecule has 0 saturated heterocycles. The summed E-state index contributed by atoms with van der Waals surface area (Å²) in [5.41, 5.74) is 0.981. The zero-order valence-electron chi connectivity index (χ0n) is 9.78. The molecule has 88 valence electrons. The van der Waals surface area contributed by atoms with E-state index in [0.717, 1.165) is 31.7 Å². The van der Waals surface area contributed by atoms with E-state index >= 15 is 0 Å². The van der Waals surface area contributed by atoms with Gasteiger partial charge in [0.1, 0.15) is 0 Å². The van der Waals surface area contributed by atoms with Gasteiger partial charge in [0.05, 0.1) is 24.7 Å². The van der Waals surface area contributed by atoms with Gasteiger partial charge in [-0.1, -0.05) is 13.3 Å². The van der Waals surface area contributed by atoms with Crippen LogP contribution in [0.25, 0.3) is 0 Å². The lowest BCUT2D eigenvalue weighted by Crippen LogP contribution is -2.16. The first kappa shape index (κ1) is 11.3. The maximum absolute atomic E-state index is 5.45. The lowest BCUT2D eigenvalue weighted by Gasteiger charge is -2.05. The smallest absolute Gasteiger partial charge is 0.232 e. The van der Waals surface area contributed by atoms with Crippen LogP contribution >= 0.6 is 0 Å². The highest BCUT2D eigenvalue weighted by Gasteiger charge is 2.20. The van der Waals surface area contributed by atoms with Crippen molar-refractivity contribution in [3.05, 3.63) is 18.1 Å². The quantitative estimate of drug-likeness (QED) is 0.714. The molecule has 1 aromatic heterocycles. The van der Waals surface area contributed by atoms with Crippen molar-refractivity contribution in [1.82, 2.24) is 15.3 Å². The molecule has 4 heteroatoms. The summed E-state index contributed by atoms with van der Waals surface area (Å²) < 4.78 is 5.45. The van der Waals surface area contributed by atoms with Crippen LogP contribution < -0.4 is 10.1 Å². The van der Waals surface area contributed by atoms with E-state index in [1.54, 1.807) is 12.4 Å². The summed E-state index contributed by atoms with van der Waals surface area (Å²) in [6, 6.07) is 0.710. The average Bonchev–Trinajstić information content (AvgIpc) is 3.12. The van der Waals surface area contributed by atoms with Gasteiger partial charge in [0.25, 0.3) is 0 Å². The molecule has 0 amide bonds. The second-order valence-corrected chi connectivity index (χ2v) is 4.20. The topological polar surface area (TPSA) is 47.0 Å². The molecule has 16 heavy (non-hydrogen) atoms. The molecule has 0 unspecified atom stereocenters. The second-order valence-electron chi connectivity index (χ2n) is 4.20. The summed E-state index contributed by atoms with van der Waals surface area (Å²) in [4.78, 5) is 8.53. The van der Waals surface area contributed by atoms with E-state index in [9.17, 15) is 0 Å². The van der Waals surface area contributed by atoms with Crippen molar-refractivity contribution in [1.29, 1.82) is 0 Å². The van der Waals surface area contributed by atoms with Crippen molar-refractivity contribution in [2.45, 2.75) is 45.2 Å². The molecule has 1 saturated carbocycles. The SMILES string of the molecule is CCCCOc1cnc(CNC2CC2)cn1. The van der Waals surface area contributed by atoms with Crippen molar-refractivity contribution in [3.63, 3.8) is 0 Å². The number of nitrogens with zero attached hydrogens (tertiary/aromatic N) is 2. The number of ether oxygens (including phenoxy) is 1. The average molecular weight is 221 g/mol. The van der Waals surface area contributed by atoms with E-state index in [4.69, 9.17) is 4.74 Å². The van der Waals surface area contributed by atoms with Gasteiger partial charge in [0, 0.05) is 12.6 Å². The fourth-order valence-corrected chi connectivity index (χ4v) is 1.37. The van der Waals surface area contributed by atoms with Gasteiger partial charge in [0.2, 0.25) is 5.88 Å². The summed E-state index contributed by atoms with van der Waals surface area (Å²) in [5, 5.41) is 3.40. The maximum atomic E-state index is 5.45. The molecule has 1 aromatic rings. The van der Waals surface area contributed by atoms with Gasteiger partial charge in [-0.3, -0.25) is 4.98 Å². The largest absolute Gasteiger partial charge is 0.477 e. The third kappa shape index (κ3) is 3.77. The summed E-state index contributed by atoms with van der Waals surface area (Å²) in [7, 11) is 0. The minimum Gasteiger partial charge on any atom is -0.477 e. The highest BCUT2D eigenvalue weighted by Crippen LogP contribution is 2.19. The Bertz CT molecular complexity index is 309. The van der Waals surface area contributed by atoms with Crippen LogP contribution in [0.1, 0.15) is 38.3 Å². The lowest BCUT2D eigenvalue weighted by molar-refractivity contribution is 0.296. The summed E-state index contributed by atoms with van der Waals surface area (Å²) >= 11 is 0. The Balaban J connectivity index is 1.74. The molecular weight excluding hydrogens is 202 g/mol. The summed E-state index contributed by atoms with van der Waals surface area (Å²) in [6.07, 6.45) is 8.29. The molecule has 0 aliphatic heterocycles. The Labute approximate surface area is 96.4 Å². The first-order valence-electron chi connectivity index (χ1n) is 6.05. The standard InChI is InChI=1S/C12H19N3O/c1-2-3-6-16-12-9-14-11(8-15-12)7-13-10-4-5-10/h8-10,13H,2-7H2,1H3. The van der Waals surface area contributed by atoms with Crippen molar-refractivity contribution in [3.8, 4) is 5.88 Å². The fourth-order valence-electron chi connectivity index (χ4n) is 1.37. The minimum absolute atomic E-state index is 0.628. The molecule has 1 heterocycles. The molecule has 1 aliphatic rings. The van der Waals surface area contributed by atoms with E-state index in [1.165, 1.54) is 12.8 Å². The number of unbranched alkanes of at least 4 members (excludes halogenated alkanes) is 1. The van der Waals surface area contributed by atoms with E-state index in [-0.39, 0.29) is 0 Å².